The molecule has 7 heteroatoms. The molecule has 1 aliphatic rings. The Hall–Kier alpha value is -5.56. The van der Waals surface area contributed by atoms with Crippen LogP contribution in [0.2, 0.25) is 0 Å². The number of ether oxygens (including phenoxy) is 2. The molecule has 6 nitrogen and oxygen atoms in total. The molecule has 1 atom stereocenters. The highest BCUT2D eigenvalue weighted by molar-refractivity contribution is 5.97. The zero-order chi connectivity index (χ0) is 36.8. The second kappa shape index (κ2) is 21.2. The van der Waals surface area contributed by atoms with Crippen LogP contribution in [0.25, 0.3) is 0 Å². The van der Waals surface area contributed by atoms with E-state index in [-0.39, 0.29) is 43.0 Å². The van der Waals surface area contributed by atoms with Gasteiger partial charge in [-0.3, -0.25) is 10.6 Å². The molecule has 0 fully saturated rings. The molecule has 0 bridgehead atoms. The molecule has 54 heavy (non-hydrogen) atoms. The Kier molecular flexibility index (Phi) is 16.8. The maximum Gasteiger partial charge on any atom is 0.165 e. The molecule has 1 heterocycles. The van der Waals surface area contributed by atoms with Gasteiger partial charge in [-0.2, -0.15) is 0 Å². The first kappa shape index (κ1) is 42.8. The molecule has 0 spiro atoms. The fraction of sp³-hybridized carbons (Fsp3) is 0.213. The van der Waals surface area contributed by atoms with Crippen molar-refractivity contribution in [1.29, 1.82) is 0 Å². The van der Waals surface area contributed by atoms with Crippen LogP contribution in [0.15, 0.2) is 164 Å². The van der Waals surface area contributed by atoms with Crippen LogP contribution < -0.4 is 26.1 Å². The van der Waals surface area contributed by atoms with E-state index in [1.807, 2.05) is 117 Å². The highest BCUT2D eigenvalue weighted by Gasteiger charge is 2.40. The number of halogens is 1. The summed E-state index contributed by atoms with van der Waals surface area (Å²) in [7, 11) is 0. The number of carbonyl (C=O) groups is 1. The van der Waals surface area contributed by atoms with Crippen molar-refractivity contribution in [2.45, 2.75) is 59.8 Å². The van der Waals surface area contributed by atoms with Crippen LogP contribution in [-0.2, 0) is 18.6 Å². The zero-order valence-corrected chi connectivity index (χ0v) is 31.7. The lowest BCUT2D eigenvalue weighted by atomic mass is 9.78. The van der Waals surface area contributed by atoms with Crippen LogP contribution in [0.4, 0.5) is 11.4 Å². The summed E-state index contributed by atoms with van der Waals surface area (Å²) >= 11 is 0. The Morgan fingerprint density at radius 3 is 1.65 bits per heavy atom. The number of hydrogen-bond donors (Lipinski definition) is 3. The lowest BCUT2D eigenvalue weighted by molar-refractivity contribution is 0.0939. The van der Waals surface area contributed by atoms with Crippen LogP contribution in [-0.4, -0.2) is 5.78 Å². The predicted octanol–water partition coefficient (Wildman–Crippen LogP) is 11.8. The number of hydrazine groups is 1. The summed E-state index contributed by atoms with van der Waals surface area (Å²) in [6, 6.07) is 54.6. The van der Waals surface area contributed by atoms with E-state index in [9.17, 15) is 4.79 Å². The molecule has 4 N–H and O–H groups in total. The van der Waals surface area contributed by atoms with E-state index >= 15 is 0 Å². The second-order valence-corrected chi connectivity index (χ2v) is 13.5. The van der Waals surface area contributed by atoms with E-state index in [1.165, 1.54) is 22.4 Å². The molecule has 0 aliphatic carbocycles. The average molecular weight is 744 g/mol. The van der Waals surface area contributed by atoms with Crippen molar-refractivity contribution in [3.05, 3.63) is 192 Å². The normalized spacial score (nSPS) is 13.1. The number of Topliss-reactive ketones (excluding diaryl/α,β-unsaturated/α-hetero) is 1. The first-order valence-electron chi connectivity index (χ1n) is 17.7. The van der Waals surface area contributed by atoms with Crippen LogP contribution in [0.5, 0.6) is 11.5 Å². The number of carbonyl (C=O) groups excluding carboxylic acids is 1. The van der Waals surface area contributed by atoms with Crippen molar-refractivity contribution in [3.63, 3.8) is 0 Å². The number of benzene rings is 6. The third kappa shape index (κ3) is 12.0. The molecule has 1 aliphatic heterocycles. The number of nitrogen functional groups attached to an aromatic ring is 1. The van der Waals surface area contributed by atoms with Crippen LogP contribution in [0, 0.1) is 5.92 Å². The monoisotopic (exact) mass is 743 g/mol. The summed E-state index contributed by atoms with van der Waals surface area (Å²) in [6.45, 7) is 9.59. The molecule has 0 amide bonds. The fourth-order valence-electron chi connectivity index (χ4n) is 5.97. The van der Waals surface area contributed by atoms with Gasteiger partial charge in [-0.25, -0.2) is 0 Å². The number of hydrogen-bond acceptors (Lipinski definition) is 6. The third-order valence-electron chi connectivity index (χ3n) is 8.94. The van der Waals surface area contributed by atoms with Gasteiger partial charge >= 0.3 is 0 Å². The first-order chi connectivity index (χ1) is 25.2. The predicted molar refractivity (Wildman–Crippen MR) is 228 cm³/mol. The molecule has 0 radical (unpaired) electrons. The average Bonchev–Trinajstić information content (AvgIpc) is 3.47. The Balaban J connectivity index is 0.000000234. The highest BCUT2D eigenvalue weighted by atomic mass is 35.5. The van der Waals surface area contributed by atoms with Gasteiger partial charge in [-0.1, -0.05) is 156 Å². The van der Waals surface area contributed by atoms with Gasteiger partial charge in [0.1, 0.15) is 24.7 Å². The molecule has 7 rings (SSSR count). The topological polar surface area (TPSA) is 85.6 Å². The van der Waals surface area contributed by atoms with Crippen molar-refractivity contribution in [2.24, 2.45) is 11.8 Å². The van der Waals surface area contributed by atoms with Crippen molar-refractivity contribution < 1.29 is 14.3 Å². The van der Waals surface area contributed by atoms with Crippen molar-refractivity contribution in [1.82, 2.24) is 0 Å². The number of anilines is 2. The molecule has 1 unspecified atom stereocenters. The molecule has 0 saturated heterocycles. The molecular formula is C47H54ClN3O3. The summed E-state index contributed by atoms with van der Waals surface area (Å²) < 4.78 is 11.6. The van der Waals surface area contributed by atoms with Crippen LogP contribution in [0.1, 0.15) is 73.8 Å². The Morgan fingerprint density at radius 2 is 1.15 bits per heavy atom. The molecular weight excluding hydrogens is 690 g/mol. The number of nitrogens with one attached hydrogen (secondary N) is 2. The van der Waals surface area contributed by atoms with Gasteiger partial charge in [0.15, 0.2) is 5.78 Å². The van der Waals surface area contributed by atoms with Gasteiger partial charge in [0, 0.05) is 28.3 Å². The summed E-state index contributed by atoms with van der Waals surface area (Å²) in [5, 5.41) is 3.69. The minimum atomic E-state index is 0. The summed E-state index contributed by atoms with van der Waals surface area (Å²) in [5.41, 5.74) is 10.4. The van der Waals surface area contributed by atoms with Gasteiger partial charge in [0.05, 0.1) is 6.04 Å². The Labute approximate surface area is 328 Å². The van der Waals surface area contributed by atoms with Gasteiger partial charge in [0.2, 0.25) is 0 Å². The van der Waals surface area contributed by atoms with Crippen LogP contribution >= 0.6 is 12.4 Å². The summed E-state index contributed by atoms with van der Waals surface area (Å²) in [5.74, 6) is 7.34. The smallest absolute Gasteiger partial charge is 0.165 e. The summed E-state index contributed by atoms with van der Waals surface area (Å²) in [6.07, 6.45) is 0. The SMILES string of the molecule is C.CC(C)C(=O)c1ccccc1.CC1(C)c2cc(OCc3ccccc3)ccc2NC1c1ccccc1.Cl.NNc1ccc(OCc2ccccc2)cc1. The van der Waals surface area contributed by atoms with Gasteiger partial charge < -0.3 is 20.2 Å². The number of nitrogens with two attached hydrogens (primary N) is 1. The largest absolute Gasteiger partial charge is 0.489 e. The standard InChI is InChI=1S/C23H23NO.C13H14N2O.C10H12O.CH4.ClH/c1-23(2)20-15-19(25-16-17-9-5-3-6-10-17)13-14-21(20)24-22(23)18-11-7-4-8-12-18;14-15-12-6-8-13(9-7-12)16-10-11-4-2-1-3-5-11;1-8(2)10(11)9-6-4-3-5-7-9;;/h3-15,22,24H,16H2,1-2H3;1-9,15H,10,14H2;3-8H,1-2H3;1H4;1H. The van der Waals surface area contributed by atoms with E-state index in [0.29, 0.717) is 13.2 Å². The minimum Gasteiger partial charge on any atom is -0.489 e. The van der Waals surface area contributed by atoms with Gasteiger partial charge in [-0.05, 0) is 64.7 Å². The van der Waals surface area contributed by atoms with E-state index in [1.54, 1.807) is 0 Å². The second-order valence-electron chi connectivity index (χ2n) is 13.5. The highest BCUT2D eigenvalue weighted by Crippen LogP contribution is 2.49. The molecule has 282 valence electrons. The van der Waals surface area contributed by atoms with E-state index < -0.39 is 0 Å². The Morgan fingerprint density at radius 1 is 0.685 bits per heavy atom. The Bertz CT molecular complexity index is 1960. The maximum absolute atomic E-state index is 11.3. The van der Waals surface area contributed by atoms with Crippen molar-refractivity contribution in [2.75, 3.05) is 10.7 Å². The minimum absolute atomic E-state index is 0. The lowest BCUT2D eigenvalue weighted by Gasteiger charge is -2.28. The quantitative estimate of drug-likeness (QED) is 0.0736. The van der Waals surface area contributed by atoms with Crippen molar-refractivity contribution >= 4 is 29.6 Å². The first-order valence-corrected chi connectivity index (χ1v) is 17.7. The molecule has 0 aromatic heterocycles. The molecule has 6 aromatic carbocycles. The maximum atomic E-state index is 11.3. The molecule has 6 aromatic rings. The number of rotatable bonds is 10. The zero-order valence-electron chi connectivity index (χ0n) is 30.9. The molecule has 0 saturated carbocycles. The van der Waals surface area contributed by atoms with Crippen LogP contribution in [0.3, 0.4) is 0 Å². The number of fused-ring (bicyclic) bond motifs is 1. The van der Waals surface area contributed by atoms with E-state index in [4.69, 9.17) is 15.3 Å². The van der Waals surface area contributed by atoms with Crippen molar-refractivity contribution in [3.8, 4) is 11.5 Å². The van der Waals surface area contributed by atoms with Gasteiger partial charge in [-0.15, -0.1) is 12.4 Å². The third-order valence-corrected chi connectivity index (χ3v) is 8.94. The lowest BCUT2D eigenvalue weighted by Crippen LogP contribution is -2.25. The fourth-order valence-corrected chi connectivity index (χ4v) is 5.97. The summed E-state index contributed by atoms with van der Waals surface area (Å²) in [4.78, 5) is 11.3. The number of ketones is 1. The van der Waals surface area contributed by atoms with E-state index in [2.05, 4.69) is 85.3 Å². The van der Waals surface area contributed by atoms with Gasteiger partial charge in [0.25, 0.3) is 0 Å². The van der Waals surface area contributed by atoms with E-state index in [0.717, 1.165) is 28.3 Å².